The van der Waals surface area contributed by atoms with Gasteiger partial charge in [0.25, 0.3) is 0 Å². The summed E-state index contributed by atoms with van der Waals surface area (Å²) in [5.41, 5.74) is 2.02. The molecule has 2 aromatic rings. The van der Waals surface area contributed by atoms with Crippen molar-refractivity contribution in [1.29, 1.82) is 0 Å². The number of hydrogen-bond acceptors (Lipinski definition) is 4. The summed E-state index contributed by atoms with van der Waals surface area (Å²) in [7, 11) is 0. The molecule has 19 heavy (non-hydrogen) atoms. The maximum atomic E-state index is 6.12. The Labute approximate surface area is 118 Å². The average molecular weight is 277 g/mol. The molecule has 2 rings (SSSR count). The molecular weight excluding hydrogens is 260 g/mol. The lowest BCUT2D eigenvalue weighted by Crippen LogP contribution is -2.10. The topological polar surface area (TPSA) is 50.7 Å². The van der Waals surface area contributed by atoms with Crippen molar-refractivity contribution in [2.24, 2.45) is 0 Å². The minimum atomic E-state index is 0.283. The van der Waals surface area contributed by atoms with E-state index in [0.29, 0.717) is 5.15 Å². The zero-order valence-corrected chi connectivity index (χ0v) is 11.9. The second-order valence-electron chi connectivity index (χ2n) is 4.58. The second kappa shape index (κ2) is 6.48. The summed E-state index contributed by atoms with van der Waals surface area (Å²) in [6, 6.07) is 5.92. The minimum absolute atomic E-state index is 0.283. The summed E-state index contributed by atoms with van der Waals surface area (Å²) >= 11 is 6.12. The minimum Gasteiger partial charge on any atom is -0.369 e. The number of nitrogens with one attached hydrogen (secondary N) is 1. The molecule has 100 valence electrons. The van der Waals surface area contributed by atoms with Crippen LogP contribution in [0.4, 0.5) is 5.82 Å². The smallest absolute Gasteiger partial charge is 0.138 e. The monoisotopic (exact) mass is 276 g/mol. The van der Waals surface area contributed by atoms with Gasteiger partial charge in [-0.15, -0.1) is 0 Å². The Balaban J connectivity index is 2.02. The van der Waals surface area contributed by atoms with E-state index in [-0.39, 0.29) is 5.92 Å². The first-order valence-corrected chi connectivity index (χ1v) is 6.70. The fourth-order valence-electron chi connectivity index (χ4n) is 1.88. The Kier molecular flexibility index (Phi) is 4.68. The van der Waals surface area contributed by atoms with E-state index in [9.17, 15) is 0 Å². The van der Waals surface area contributed by atoms with Crippen LogP contribution in [0.5, 0.6) is 0 Å². The lowest BCUT2D eigenvalue weighted by Gasteiger charge is -2.14. The molecule has 0 radical (unpaired) electrons. The zero-order chi connectivity index (χ0) is 13.7. The molecule has 0 aliphatic rings. The lowest BCUT2D eigenvalue weighted by molar-refractivity contribution is 0.841. The van der Waals surface area contributed by atoms with Gasteiger partial charge in [0, 0.05) is 30.4 Å². The van der Waals surface area contributed by atoms with E-state index in [0.717, 1.165) is 30.0 Å². The molecule has 2 heterocycles. The molecule has 0 fully saturated rings. The summed E-state index contributed by atoms with van der Waals surface area (Å²) in [4.78, 5) is 12.6. The van der Waals surface area contributed by atoms with Gasteiger partial charge in [0.15, 0.2) is 0 Å². The van der Waals surface area contributed by atoms with E-state index >= 15 is 0 Å². The molecule has 0 atom stereocenters. The number of aromatic nitrogens is 3. The van der Waals surface area contributed by atoms with E-state index in [1.54, 1.807) is 6.20 Å². The van der Waals surface area contributed by atoms with Gasteiger partial charge in [-0.3, -0.25) is 4.98 Å². The average Bonchev–Trinajstić information content (AvgIpc) is 2.39. The first-order valence-electron chi connectivity index (χ1n) is 6.32. The molecule has 0 saturated heterocycles. The molecule has 0 amide bonds. The van der Waals surface area contributed by atoms with Crippen molar-refractivity contribution in [2.45, 2.75) is 26.2 Å². The van der Waals surface area contributed by atoms with Gasteiger partial charge in [0.05, 0.1) is 0 Å². The van der Waals surface area contributed by atoms with Crippen LogP contribution in [0.2, 0.25) is 5.15 Å². The highest BCUT2D eigenvalue weighted by atomic mass is 35.5. The van der Waals surface area contributed by atoms with Crippen LogP contribution in [0.25, 0.3) is 0 Å². The lowest BCUT2D eigenvalue weighted by atomic mass is 10.1. The van der Waals surface area contributed by atoms with Crippen LogP contribution in [-0.2, 0) is 6.42 Å². The summed E-state index contributed by atoms with van der Waals surface area (Å²) in [6.07, 6.45) is 4.13. The maximum absolute atomic E-state index is 6.12. The molecule has 2 aromatic heterocycles. The Morgan fingerprint density at radius 2 is 2.05 bits per heavy atom. The molecule has 0 bridgehead atoms. The van der Waals surface area contributed by atoms with Crippen LogP contribution in [0.15, 0.2) is 30.7 Å². The molecule has 1 N–H and O–H groups in total. The van der Waals surface area contributed by atoms with Crippen molar-refractivity contribution < 1.29 is 0 Å². The van der Waals surface area contributed by atoms with Crippen molar-refractivity contribution in [3.8, 4) is 0 Å². The van der Waals surface area contributed by atoms with E-state index in [1.807, 2.05) is 18.2 Å². The van der Waals surface area contributed by atoms with Crippen LogP contribution in [0, 0.1) is 0 Å². The Bertz CT molecular complexity index is 528. The number of rotatable bonds is 5. The molecule has 0 unspecified atom stereocenters. The van der Waals surface area contributed by atoms with E-state index < -0.39 is 0 Å². The van der Waals surface area contributed by atoms with Gasteiger partial charge in [0.1, 0.15) is 17.3 Å². The van der Waals surface area contributed by atoms with Crippen LogP contribution in [0.1, 0.15) is 31.0 Å². The fraction of sp³-hybridized carbons (Fsp3) is 0.357. The quantitative estimate of drug-likeness (QED) is 0.852. The summed E-state index contributed by atoms with van der Waals surface area (Å²) in [6.45, 7) is 4.92. The van der Waals surface area contributed by atoms with Crippen LogP contribution in [0.3, 0.4) is 0 Å². The third-order valence-corrected chi connectivity index (χ3v) is 3.11. The number of pyridine rings is 1. The summed E-state index contributed by atoms with van der Waals surface area (Å²) < 4.78 is 0. The molecule has 0 spiro atoms. The molecule has 0 saturated carbocycles. The second-order valence-corrected chi connectivity index (χ2v) is 4.94. The first-order chi connectivity index (χ1) is 9.18. The van der Waals surface area contributed by atoms with Gasteiger partial charge in [-0.25, -0.2) is 9.97 Å². The predicted molar refractivity (Wildman–Crippen MR) is 77.6 cm³/mol. The first kappa shape index (κ1) is 13.7. The van der Waals surface area contributed by atoms with Crippen molar-refractivity contribution in [1.82, 2.24) is 15.0 Å². The van der Waals surface area contributed by atoms with Gasteiger partial charge in [0.2, 0.25) is 0 Å². The van der Waals surface area contributed by atoms with Crippen LogP contribution < -0.4 is 5.32 Å². The van der Waals surface area contributed by atoms with Crippen molar-refractivity contribution in [2.75, 3.05) is 11.9 Å². The predicted octanol–water partition coefficient (Wildman–Crippen LogP) is 3.30. The zero-order valence-electron chi connectivity index (χ0n) is 11.1. The summed E-state index contributed by atoms with van der Waals surface area (Å²) in [5.74, 6) is 1.09. The van der Waals surface area contributed by atoms with E-state index in [2.05, 4.69) is 34.1 Å². The fourth-order valence-corrected chi connectivity index (χ4v) is 2.23. The SMILES string of the molecule is CC(C)c1c(Cl)ncnc1NCCc1ccccn1. The van der Waals surface area contributed by atoms with Crippen molar-refractivity contribution >= 4 is 17.4 Å². The van der Waals surface area contributed by atoms with Gasteiger partial charge >= 0.3 is 0 Å². The van der Waals surface area contributed by atoms with Gasteiger partial charge in [-0.05, 0) is 18.1 Å². The third-order valence-electron chi connectivity index (χ3n) is 2.81. The molecule has 0 aliphatic carbocycles. The molecule has 4 nitrogen and oxygen atoms in total. The molecule has 0 aliphatic heterocycles. The largest absolute Gasteiger partial charge is 0.369 e. The summed E-state index contributed by atoms with van der Waals surface area (Å²) in [5, 5.41) is 3.83. The Hall–Kier alpha value is -1.68. The number of hydrogen-bond donors (Lipinski definition) is 1. The highest BCUT2D eigenvalue weighted by Gasteiger charge is 2.12. The van der Waals surface area contributed by atoms with E-state index in [4.69, 9.17) is 11.6 Å². The van der Waals surface area contributed by atoms with Gasteiger partial charge in [-0.1, -0.05) is 31.5 Å². The maximum Gasteiger partial charge on any atom is 0.138 e. The number of anilines is 1. The van der Waals surface area contributed by atoms with Gasteiger partial charge < -0.3 is 5.32 Å². The molecular formula is C14H17ClN4. The standard InChI is InChI=1S/C14H17ClN4/c1-10(2)12-13(15)18-9-19-14(12)17-8-6-11-5-3-4-7-16-11/h3-5,7,9-10H,6,8H2,1-2H3,(H,17,18,19). The molecule has 5 heteroatoms. The van der Waals surface area contributed by atoms with Gasteiger partial charge in [-0.2, -0.15) is 0 Å². The highest BCUT2D eigenvalue weighted by Crippen LogP contribution is 2.27. The molecule has 0 aromatic carbocycles. The number of halogens is 1. The normalized spacial score (nSPS) is 10.7. The third kappa shape index (κ3) is 3.64. The van der Waals surface area contributed by atoms with Crippen molar-refractivity contribution in [3.63, 3.8) is 0 Å². The number of nitrogens with zero attached hydrogens (tertiary/aromatic N) is 3. The van der Waals surface area contributed by atoms with Crippen molar-refractivity contribution in [3.05, 3.63) is 47.1 Å². The Morgan fingerprint density at radius 3 is 2.74 bits per heavy atom. The van der Waals surface area contributed by atoms with Crippen LogP contribution in [-0.4, -0.2) is 21.5 Å². The Morgan fingerprint density at radius 1 is 1.21 bits per heavy atom. The van der Waals surface area contributed by atoms with Crippen LogP contribution >= 0.6 is 11.6 Å². The van der Waals surface area contributed by atoms with E-state index in [1.165, 1.54) is 6.33 Å². The highest BCUT2D eigenvalue weighted by molar-refractivity contribution is 6.30.